The Balaban J connectivity index is 2.78. The maximum Gasteiger partial charge on any atom is 0.104 e. The van der Waals surface area contributed by atoms with Gasteiger partial charge in [-0.2, -0.15) is 0 Å². The van der Waals surface area contributed by atoms with Crippen LogP contribution in [0.2, 0.25) is 0 Å². The summed E-state index contributed by atoms with van der Waals surface area (Å²) in [4.78, 5) is 0. The van der Waals surface area contributed by atoms with Crippen LogP contribution in [0.3, 0.4) is 0 Å². The van der Waals surface area contributed by atoms with Crippen molar-refractivity contribution in [2.75, 3.05) is 0 Å². The van der Waals surface area contributed by atoms with Crippen LogP contribution in [0.1, 0.15) is 6.42 Å². The summed E-state index contributed by atoms with van der Waals surface area (Å²) in [5, 5.41) is 0. The molecule has 50 valence electrons. The number of allylic oxidation sites excluding steroid dienone is 3. The summed E-state index contributed by atoms with van der Waals surface area (Å²) >= 11 is 6.88. The minimum absolute atomic E-state index is 0.0984. The quantitative estimate of drug-likeness (QED) is 0.658. The third-order valence-corrected chi connectivity index (χ3v) is 2.18. The van der Waals surface area contributed by atoms with E-state index in [0.717, 1.165) is 12.1 Å². The maximum absolute atomic E-state index is 5.52. The number of hydrogen-bond donors (Lipinski definition) is 1. The standard InChI is InChI=1S/C6H7Br2N/c7-6(8)3-1-2-5(9)4-6/h1-2,4H,3,9H2. The second-order valence-electron chi connectivity index (χ2n) is 2.01. The molecule has 3 heteroatoms. The molecule has 0 spiro atoms. The smallest absolute Gasteiger partial charge is 0.104 e. The molecule has 0 unspecified atom stereocenters. The molecule has 1 aliphatic carbocycles. The molecule has 0 aromatic carbocycles. The lowest BCUT2D eigenvalue weighted by Crippen LogP contribution is -2.12. The summed E-state index contributed by atoms with van der Waals surface area (Å²) in [6.45, 7) is 0. The van der Waals surface area contributed by atoms with E-state index in [2.05, 4.69) is 31.9 Å². The van der Waals surface area contributed by atoms with Gasteiger partial charge in [0.1, 0.15) is 3.23 Å². The van der Waals surface area contributed by atoms with E-state index in [1.54, 1.807) is 0 Å². The van der Waals surface area contributed by atoms with Gasteiger partial charge in [0, 0.05) is 5.70 Å². The van der Waals surface area contributed by atoms with E-state index in [0.29, 0.717) is 0 Å². The molecule has 0 aliphatic heterocycles. The highest BCUT2D eigenvalue weighted by Gasteiger charge is 2.19. The van der Waals surface area contributed by atoms with Crippen LogP contribution in [0.4, 0.5) is 0 Å². The molecule has 0 atom stereocenters. The highest BCUT2D eigenvalue weighted by molar-refractivity contribution is 9.25. The van der Waals surface area contributed by atoms with Crippen molar-refractivity contribution in [3.63, 3.8) is 0 Å². The molecule has 0 aromatic heterocycles. The van der Waals surface area contributed by atoms with Crippen LogP contribution in [-0.4, -0.2) is 3.23 Å². The molecule has 1 rings (SSSR count). The van der Waals surface area contributed by atoms with E-state index >= 15 is 0 Å². The van der Waals surface area contributed by atoms with Crippen LogP contribution >= 0.6 is 31.9 Å². The molecule has 2 N–H and O–H groups in total. The first kappa shape index (κ1) is 7.35. The molecule has 0 saturated heterocycles. The van der Waals surface area contributed by atoms with Crippen molar-refractivity contribution in [3.8, 4) is 0 Å². The Bertz CT molecular complexity index is 170. The SMILES string of the molecule is NC1=CC(Br)(Br)CC=C1. The van der Waals surface area contributed by atoms with E-state index < -0.39 is 0 Å². The summed E-state index contributed by atoms with van der Waals surface area (Å²) in [7, 11) is 0. The van der Waals surface area contributed by atoms with Crippen LogP contribution in [0.25, 0.3) is 0 Å². The molecule has 1 aliphatic rings. The van der Waals surface area contributed by atoms with E-state index in [1.165, 1.54) is 0 Å². The highest BCUT2D eigenvalue weighted by atomic mass is 79.9. The number of hydrogen-bond acceptors (Lipinski definition) is 1. The molecule has 0 bridgehead atoms. The summed E-state index contributed by atoms with van der Waals surface area (Å²) < 4.78 is -0.0984. The van der Waals surface area contributed by atoms with Gasteiger partial charge in [-0.3, -0.25) is 0 Å². The first-order chi connectivity index (χ1) is 4.10. The molecular weight excluding hydrogens is 246 g/mol. The molecule has 1 nitrogen and oxygen atoms in total. The predicted molar refractivity (Wildman–Crippen MR) is 46.6 cm³/mol. The lowest BCUT2D eigenvalue weighted by molar-refractivity contribution is 1.00. The fourth-order valence-corrected chi connectivity index (χ4v) is 1.61. The maximum atomic E-state index is 5.52. The number of halogens is 2. The van der Waals surface area contributed by atoms with Gasteiger partial charge in [0.05, 0.1) is 0 Å². The normalized spacial score (nSPS) is 23.6. The van der Waals surface area contributed by atoms with Crippen molar-refractivity contribution >= 4 is 31.9 Å². The summed E-state index contributed by atoms with van der Waals surface area (Å²) in [5.41, 5.74) is 6.33. The van der Waals surface area contributed by atoms with Crippen LogP contribution in [0.15, 0.2) is 23.9 Å². The second-order valence-corrected chi connectivity index (χ2v) is 5.91. The predicted octanol–water partition coefficient (Wildman–Crippen LogP) is 2.28. The van der Waals surface area contributed by atoms with Crippen molar-refractivity contribution < 1.29 is 0 Å². The van der Waals surface area contributed by atoms with E-state index in [1.807, 2.05) is 18.2 Å². The van der Waals surface area contributed by atoms with Gasteiger partial charge in [-0.1, -0.05) is 37.9 Å². The Labute approximate surface area is 71.3 Å². The Morgan fingerprint density at radius 2 is 2.22 bits per heavy atom. The van der Waals surface area contributed by atoms with Gasteiger partial charge in [-0.05, 0) is 18.6 Å². The number of alkyl halides is 2. The fourth-order valence-electron chi connectivity index (χ4n) is 0.703. The minimum Gasteiger partial charge on any atom is -0.399 e. The first-order valence-electron chi connectivity index (χ1n) is 2.63. The van der Waals surface area contributed by atoms with E-state index in [9.17, 15) is 0 Å². The fraction of sp³-hybridized carbons (Fsp3) is 0.333. The monoisotopic (exact) mass is 251 g/mol. The molecule has 0 amide bonds. The molecule has 0 saturated carbocycles. The Kier molecular flexibility index (Phi) is 2.01. The minimum atomic E-state index is -0.0984. The van der Waals surface area contributed by atoms with E-state index in [-0.39, 0.29) is 3.23 Å². The van der Waals surface area contributed by atoms with Crippen LogP contribution < -0.4 is 5.73 Å². The average Bonchev–Trinajstić information content (AvgIpc) is 1.60. The third kappa shape index (κ3) is 2.14. The van der Waals surface area contributed by atoms with Gasteiger partial charge < -0.3 is 5.73 Å². The summed E-state index contributed by atoms with van der Waals surface area (Å²) in [6, 6.07) is 0. The number of nitrogens with two attached hydrogens (primary N) is 1. The highest BCUT2D eigenvalue weighted by Crippen LogP contribution is 2.34. The Morgan fingerprint density at radius 3 is 2.56 bits per heavy atom. The largest absolute Gasteiger partial charge is 0.399 e. The zero-order valence-electron chi connectivity index (χ0n) is 4.77. The Morgan fingerprint density at radius 1 is 1.56 bits per heavy atom. The van der Waals surface area contributed by atoms with Crippen molar-refractivity contribution in [2.45, 2.75) is 9.65 Å². The molecule has 0 fully saturated rings. The zero-order chi connectivity index (χ0) is 6.91. The molecule has 0 aromatic rings. The van der Waals surface area contributed by atoms with Crippen LogP contribution in [0.5, 0.6) is 0 Å². The zero-order valence-corrected chi connectivity index (χ0v) is 7.94. The van der Waals surface area contributed by atoms with Crippen LogP contribution in [-0.2, 0) is 0 Å². The van der Waals surface area contributed by atoms with Crippen molar-refractivity contribution in [1.29, 1.82) is 0 Å². The van der Waals surface area contributed by atoms with Crippen molar-refractivity contribution in [2.24, 2.45) is 5.73 Å². The van der Waals surface area contributed by atoms with Crippen molar-refractivity contribution in [3.05, 3.63) is 23.9 Å². The number of rotatable bonds is 0. The average molecular weight is 253 g/mol. The van der Waals surface area contributed by atoms with Gasteiger partial charge in [0.2, 0.25) is 0 Å². The summed E-state index contributed by atoms with van der Waals surface area (Å²) in [6.07, 6.45) is 6.81. The van der Waals surface area contributed by atoms with Gasteiger partial charge in [-0.15, -0.1) is 0 Å². The second kappa shape index (κ2) is 2.46. The molecule has 9 heavy (non-hydrogen) atoms. The lowest BCUT2D eigenvalue weighted by atomic mass is 10.1. The summed E-state index contributed by atoms with van der Waals surface area (Å²) in [5.74, 6) is 0. The van der Waals surface area contributed by atoms with E-state index in [4.69, 9.17) is 5.73 Å². The topological polar surface area (TPSA) is 26.0 Å². The van der Waals surface area contributed by atoms with Gasteiger partial charge in [0.25, 0.3) is 0 Å². The van der Waals surface area contributed by atoms with Gasteiger partial charge in [0.15, 0.2) is 0 Å². The van der Waals surface area contributed by atoms with Crippen LogP contribution in [0, 0.1) is 0 Å². The van der Waals surface area contributed by atoms with Gasteiger partial charge in [-0.25, -0.2) is 0 Å². The first-order valence-corrected chi connectivity index (χ1v) is 4.21. The lowest BCUT2D eigenvalue weighted by Gasteiger charge is -2.16. The third-order valence-electron chi connectivity index (χ3n) is 1.08. The molecular formula is C6H7Br2N. The molecule has 0 radical (unpaired) electrons. The van der Waals surface area contributed by atoms with Crippen molar-refractivity contribution in [1.82, 2.24) is 0 Å². The Hall–Kier alpha value is 0.240. The van der Waals surface area contributed by atoms with Gasteiger partial charge >= 0.3 is 0 Å². The molecule has 0 heterocycles.